The second-order valence-electron chi connectivity index (χ2n) is 7.05. The second-order valence-corrected chi connectivity index (χ2v) is 7.80. The van der Waals surface area contributed by atoms with Crippen molar-refractivity contribution in [3.8, 4) is 0 Å². The number of halogens is 2. The molecule has 1 aromatic heterocycles. The number of piperidine rings is 1. The molecule has 1 amide bonds. The van der Waals surface area contributed by atoms with Crippen molar-refractivity contribution in [2.24, 2.45) is 0 Å². The summed E-state index contributed by atoms with van der Waals surface area (Å²) in [6.45, 7) is 5.88. The van der Waals surface area contributed by atoms with Gasteiger partial charge in [-0.2, -0.15) is 5.10 Å². The molecular formula is C17H21BrFN3O2. The number of likely N-dealkylation sites (tertiary alicyclic amines) is 1. The molecule has 1 aliphatic heterocycles. The van der Waals surface area contributed by atoms with Crippen LogP contribution >= 0.6 is 15.9 Å². The molecular weight excluding hydrogens is 377 g/mol. The molecule has 1 saturated heterocycles. The van der Waals surface area contributed by atoms with Crippen molar-refractivity contribution in [1.29, 1.82) is 0 Å². The number of carbonyl (C=O) groups is 1. The lowest BCUT2D eigenvalue weighted by molar-refractivity contribution is 0.00611. The maximum atomic E-state index is 14.8. The van der Waals surface area contributed by atoms with E-state index in [4.69, 9.17) is 4.74 Å². The average Bonchev–Trinajstić information content (AvgIpc) is 2.83. The SMILES string of the molecule is CC(C)(C)OC(=O)N1CC[C@@H](n2nc(Br)c3ccccc32)[C@@H](F)C1. The number of carbonyl (C=O) groups excluding carboxylic acids is 1. The molecule has 130 valence electrons. The molecule has 0 saturated carbocycles. The van der Waals surface area contributed by atoms with Crippen LogP contribution in [-0.4, -0.2) is 45.6 Å². The number of ether oxygens (including phenoxy) is 1. The van der Waals surface area contributed by atoms with Crippen molar-refractivity contribution in [2.75, 3.05) is 13.1 Å². The van der Waals surface area contributed by atoms with Crippen LogP contribution in [0.5, 0.6) is 0 Å². The van der Waals surface area contributed by atoms with Crippen molar-refractivity contribution in [3.05, 3.63) is 28.9 Å². The molecule has 0 radical (unpaired) electrons. The lowest BCUT2D eigenvalue weighted by atomic mass is 10.0. The third-order valence-electron chi connectivity index (χ3n) is 4.04. The van der Waals surface area contributed by atoms with Crippen LogP contribution in [0.4, 0.5) is 9.18 Å². The highest BCUT2D eigenvalue weighted by Crippen LogP contribution is 2.32. The summed E-state index contributed by atoms with van der Waals surface area (Å²) < 4.78 is 22.6. The van der Waals surface area contributed by atoms with E-state index in [9.17, 15) is 9.18 Å². The zero-order valence-electron chi connectivity index (χ0n) is 14.0. The topological polar surface area (TPSA) is 47.4 Å². The quantitative estimate of drug-likeness (QED) is 0.719. The highest BCUT2D eigenvalue weighted by molar-refractivity contribution is 9.10. The van der Waals surface area contributed by atoms with Crippen LogP contribution in [0.2, 0.25) is 0 Å². The predicted molar refractivity (Wildman–Crippen MR) is 93.8 cm³/mol. The Balaban J connectivity index is 1.77. The summed E-state index contributed by atoms with van der Waals surface area (Å²) in [5.41, 5.74) is 0.311. The van der Waals surface area contributed by atoms with E-state index in [1.807, 2.05) is 24.3 Å². The van der Waals surface area contributed by atoms with E-state index in [1.165, 1.54) is 4.90 Å². The first-order valence-electron chi connectivity index (χ1n) is 8.01. The molecule has 0 unspecified atom stereocenters. The highest BCUT2D eigenvalue weighted by atomic mass is 79.9. The van der Waals surface area contributed by atoms with Gasteiger partial charge in [-0.25, -0.2) is 9.18 Å². The zero-order chi connectivity index (χ0) is 17.5. The first kappa shape index (κ1) is 17.2. The molecule has 0 spiro atoms. The lowest BCUT2D eigenvalue weighted by Crippen LogP contribution is -2.47. The van der Waals surface area contributed by atoms with Gasteiger partial charge in [0.1, 0.15) is 16.4 Å². The van der Waals surface area contributed by atoms with Crippen molar-refractivity contribution in [3.63, 3.8) is 0 Å². The standard InChI is InChI=1S/C17H21BrFN3O2/c1-17(2,3)24-16(23)21-9-8-14(12(19)10-21)22-13-7-5-4-6-11(13)15(18)20-22/h4-7,12,14H,8-10H2,1-3H3/t12-,14+/m0/s1. The molecule has 1 aliphatic rings. The molecule has 3 rings (SSSR count). The third-order valence-corrected chi connectivity index (χ3v) is 4.63. The van der Waals surface area contributed by atoms with E-state index >= 15 is 0 Å². The molecule has 1 fully saturated rings. The van der Waals surface area contributed by atoms with Gasteiger partial charge < -0.3 is 9.64 Å². The maximum absolute atomic E-state index is 14.8. The number of fused-ring (bicyclic) bond motifs is 1. The molecule has 7 heteroatoms. The molecule has 24 heavy (non-hydrogen) atoms. The molecule has 0 bridgehead atoms. The smallest absolute Gasteiger partial charge is 0.410 e. The van der Waals surface area contributed by atoms with Crippen molar-refractivity contribution >= 4 is 32.9 Å². The fourth-order valence-corrected chi connectivity index (χ4v) is 3.47. The minimum Gasteiger partial charge on any atom is -0.444 e. The van der Waals surface area contributed by atoms with Gasteiger partial charge in [-0.1, -0.05) is 18.2 Å². The molecule has 2 heterocycles. The van der Waals surface area contributed by atoms with Crippen LogP contribution in [-0.2, 0) is 4.74 Å². The number of hydrogen-bond donors (Lipinski definition) is 0. The zero-order valence-corrected chi connectivity index (χ0v) is 15.6. The Hall–Kier alpha value is -1.63. The second kappa shape index (κ2) is 6.35. The van der Waals surface area contributed by atoms with E-state index in [0.29, 0.717) is 17.6 Å². The van der Waals surface area contributed by atoms with E-state index in [0.717, 1.165) is 10.9 Å². The Morgan fingerprint density at radius 3 is 2.75 bits per heavy atom. The summed E-state index contributed by atoms with van der Waals surface area (Å²) in [4.78, 5) is 13.6. The fraction of sp³-hybridized carbons (Fsp3) is 0.529. The van der Waals surface area contributed by atoms with E-state index in [1.54, 1.807) is 25.5 Å². The minimum atomic E-state index is -1.19. The summed E-state index contributed by atoms with van der Waals surface area (Å²) in [6.07, 6.45) is -1.16. The van der Waals surface area contributed by atoms with Gasteiger partial charge in [-0.05, 0) is 49.2 Å². The number of amides is 1. The monoisotopic (exact) mass is 397 g/mol. The molecule has 0 N–H and O–H groups in total. The fourth-order valence-electron chi connectivity index (χ4n) is 2.96. The Morgan fingerprint density at radius 1 is 1.38 bits per heavy atom. The van der Waals surface area contributed by atoms with Gasteiger partial charge in [0.2, 0.25) is 0 Å². The summed E-state index contributed by atoms with van der Waals surface area (Å²) in [5.74, 6) is 0. The van der Waals surface area contributed by atoms with Crippen LogP contribution in [0.25, 0.3) is 10.9 Å². The average molecular weight is 398 g/mol. The minimum absolute atomic E-state index is 0.0192. The van der Waals surface area contributed by atoms with Gasteiger partial charge in [0.25, 0.3) is 0 Å². The van der Waals surface area contributed by atoms with Crippen LogP contribution in [0, 0.1) is 0 Å². The van der Waals surface area contributed by atoms with E-state index in [2.05, 4.69) is 21.0 Å². The Kier molecular flexibility index (Phi) is 4.55. The number of rotatable bonds is 1. The summed E-state index contributed by atoms with van der Waals surface area (Å²) in [5, 5.41) is 5.41. The van der Waals surface area contributed by atoms with Crippen molar-refractivity contribution in [1.82, 2.24) is 14.7 Å². The van der Waals surface area contributed by atoms with E-state index < -0.39 is 17.9 Å². The number of nitrogens with zero attached hydrogens (tertiary/aromatic N) is 3. The van der Waals surface area contributed by atoms with Gasteiger partial charge >= 0.3 is 6.09 Å². The van der Waals surface area contributed by atoms with Crippen LogP contribution in [0.3, 0.4) is 0 Å². The number of aromatic nitrogens is 2. The molecule has 1 aromatic carbocycles. The number of para-hydroxylation sites is 1. The van der Waals surface area contributed by atoms with E-state index in [-0.39, 0.29) is 12.6 Å². The Morgan fingerprint density at radius 2 is 2.08 bits per heavy atom. The number of alkyl halides is 1. The van der Waals surface area contributed by atoms with Gasteiger partial charge in [0.15, 0.2) is 0 Å². The summed E-state index contributed by atoms with van der Waals surface area (Å²) in [7, 11) is 0. The molecule has 2 atom stereocenters. The van der Waals surface area contributed by atoms with Gasteiger partial charge in [0, 0.05) is 11.9 Å². The first-order chi connectivity index (χ1) is 11.3. The van der Waals surface area contributed by atoms with Gasteiger partial charge in [-0.15, -0.1) is 0 Å². The Bertz CT molecular complexity index is 756. The third kappa shape index (κ3) is 3.41. The normalized spacial score (nSPS) is 22.0. The highest BCUT2D eigenvalue weighted by Gasteiger charge is 2.35. The van der Waals surface area contributed by atoms with Gasteiger partial charge in [-0.3, -0.25) is 4.68 Å². The van der Waals surface area contributed by atoms with Crippen molar-refractivity contribution in [2.45, 2.75) is 45.0 Å². The largest absolute Gasteiger partial charge is 0.444 e. The summed E-state index contributed by atoms with van der Waals surface area (Å²) in [6, 6.07) is 7.33. The van der Waals surface area contributed by atoms with Crippen LogP contribution in [0.1, 0.15) is 33.2 Å². The molecule has 2 aromatic rings. The maximum Gasteiger partial charge on any atom is 0.410 e. The summed E-state index contributed by atoms with van der Waals surface area (Å²) >= 11 is 3.43. The van der Waals surface area contributed by atoms with Crippen LogP contribution < -0.4 is 0 Å². The van der Waals surface area contributed by atoms with Gasteiger partial charge in [0.05, 0.1) is 18.1 Å². The number of benzene rings is 1. The lowest BCUT2D eigenvalue weighted by Gasteiger charge is -2.35. The first-order valence-corrected chi connectivity index (χ1v) is 8.80. The molecule has 0 aliphatic carbocycles. The Labute approximate surface area is 148 Å². The van der Waals surface area contributed by atoms with Crippen LogP contribution in [0.15, 0.2) is 28.9 Å². The number of hydrogen-bond acceptors (Lipinski definition) is 3. The predicted octanol–water partition coefficient (Wildman–Crippen LogP) is 4.32. The van der Waals surface area contributed by atoms with Crippen molar-refractivity contribution < 1.29 is 13.9 Å². The molecule has 5 nitrogen and oxygen atoms in total.